The zero-order chi connectivity index (χ0) is 23.8. The van der Waals surface area contributed by atoms with Gasteiger partial charge < -0.3 is 15.4 Å². The Kier molecular flexibility index (Phi) is 7.75. The molecule has 0 unspecified atom stereocenters. The van der Waals surface area contributed by atoms with Crippen LogP contribution in [0.1, 0.15) is 22.3 Å². The summed E-state index contributed by atoms with van der Waals surface area (Å²) in [6.07, 6.45) is -0.601. The van der Waals surface area contributed by atoms with Gasteiger partial charge in [0.2, 0.25) is 5.91 Å². The predicted octanol–water partition coefficient (Wildman–Crippen LogP) is 4.69. The molecule has 8 nitrogen and oxygen atoms in total. The molecule has 3 aromatic carbocycles. The van der Waals surface area contributed by atoms with Crippen LogP contribution in [0.3, 0.4) is 0 Å². The first-order valence-corrected chi connectivity index (χ1v) is 10.4. The Morgan fingerprint density at radius 2 is 1.58 bits per heavy atom. The molecule has 0 aliphatic heterocycles. The van der Waals surface area contributed by atoms with E-state index < -0.39 is 23.0 Å². The van der Waals surface area contributed by atoms with Crippen molar-refractivity contribution in [2.45, 2.75) is 32.9 Å². The third-order valence-corrected chi connectivity index (χ3v) is 4.90. The number of hydrogen-bond donors (Lipinski definition) is 2. The first kappa shape index (κ1) is 23.5. The number of nitrogens with one attached hydrogen (secondary N) is 2. The van der Waals surface area contributed by atoms with Crippen molar-refractivity contribution in [1.29, 1.82) is 0 Å². The Morgan fingerprint density at radius 1 is 0.939 bits per heavy atom. The number of hydrogen-bond acceptors (Lipinski definition) is 5. The number of anilines is 1. The molecule has 0 radical (unpaired) electrons. The Hall–Kier alpha value is -4.20. The van der Waals surface area contributed by atoms with Crippen LogP contribution in [-0.4, -0.2) is 23.0 Å². The number of rotatable bonds is 8. The summed E-state index contributed by atoms with van der Waals surface area (Å²) in [4.78, 5) is 35.9. The Bertz CT molecular complexity index is 1110. The highest BCUT2D eigenvalue weighted by Gasteiger charge is 2.23. The van der Waals surface area contributed by atoms with Crippen molar-refractivity contribution in [3.05, 3.63) is 105 Å². The molecule has 0 saturated heterocycles. The molecule has 0 spiro atoms. The van der Waals surface area contributed by atoms with Crippen LogP contribution >= 0.6 is 0 Å². The number of benzene rings is 3. The van der Waals surface area contributed by atoms with Gasteiger partial charge in [0.25, 0.3) is 5.69 Å². The lowest BCUT2D eigenvalue weighted by molar-refractivity contribution is -0.384. The molecule has 2 N–H and O–H groups in total. The highest BCUT2D eigenvalue weighted by Crippen LogP contribution is 2.16. The Labute approximate surface area is 191 Å². The molecule has 3 aromatic rings. The smallest absolute Gasteiger partial charge is 0.408 e. The van der Waals surface area contributed by atoms with Crippen molar-refractivity contribution < 1.29 is 19.2 Å². The fourth-order valence-electron chi connectivity index (χ4n) is 3.38. The number of nitro groups is 1. The fourth-order valence-corrected chi connectivity index (χ4v) is 3.38. The minimum atomic E-state index is -0.949. The molecule has 8 heteroatoms. The molecule has 170 valence electrons. The number of amides is 2. The van der Waals surface area contributed by atoms with E-state index in [4.69, 9.17) is 4.74 Å². The average Bonchev–Trinajstić information content (AvgIpc) is 2.77. The number of carbonyl (C=O) groups is 2. The zero-order valence-electron chi connectivity index (χ0n) is 18.4. The molecule has 0 fully saturated rings. The number of nitro benzene ring substituents is 1. The highest BCUT2D eigenvalue weighted by molar-refractivity contribution is 5.96. The van der Waals surface area contributed by atoms with Gasteiger partial charge in [-0.1, -0.05) is 48.5 Å². The summed E-state index contributed by atoms with van der Waals surface area (Å²) in [6.45, 7) is 3.92. The van der Waals surface area contributed by atoms with E-state index in [1.807, 2.05) is 62.4 Å². The molecule has 3 rings (SSSR count). The lowest BCUT2D eigenvalue weighted by atomic mass is 10.0. The zero-order valence-corrected chi connectivity index (χ0v) is 18.4. The lowest BCUT2D eigenvalue weighted by Gasteiger charge is -2.19. The lowest BCUT2D eigenvalue weighted by Crippen LogP contribution is -2.45. The van der Waals surface area contributed by atoms with Gasteiger partial charge in [-0.15, -0.1) is 0 Å². The summed E-state index contributed by atoms with van der Waals surface area (Å²) < 4.78 is 5.27. The molecule has 33 heavy (non-hydrogen) atoms. The first-order valence-electron chi connectivity index (χ1n) is 10.4. The van der Waals surface area contributed by atoms with Gasteiger partial charge in [0, 0.05) is 24.2 Å². The van der Waals surface area contributed by atoms with E-state index in [1.54, 1.807) is 12.1 Å². The van der Waals surface area contributed by atoms with Crippen LogP contribution in [0.2, 0.25) is 0 Å². The summed E-state index contributed by atoms with van der Waals surface area (Å²) in [5.74, 6) is -0.421. The summed E-state index contributed by atoms with van der Waals surface area (Å²) in [6, 6.07) is 19.8. The first-order chi connectivity index (χ1) is 15.8. The summed E-state index contributed by atoms with van der Waals surface area (Å²) in [7, 11) is 0. The van der Waals surface area contributed by atoms with Crippen LogP contribution in [0.15, 0.2) is 72.8 Å². The number of nitrogens with zero attached hydrogens (tertiary/aromatic N) is 1. The van der Waals surface area contributed by atoms with Crippen molar-refractivity contribution >= 4 is 23.4 Å². The standard InChI is InChI=1S/C25H25N3O5/c1-17-12-18(2)14-21(13-17)26-24(29)23(15-19-8-10-22(11-9-19)28(31)32)27-25(30)33-16-20-6-4-3-5-7-20/h3-14,23H,15-16H2,1-2H3,(H,26,29)(H,27,30)/t23-/m1/s1. The molecule has 0 bridgehead atoms. The molecule has 2 amide bonds. The molecule has 0 heterocycles. The van der Waals surface area contributed by atoms with E-state index in [2.05, 4.69) is 10.6 Å². The summed E-state index contributed by atoms with van der Waals surface area (Å²) >= 11 is 0. The normalized spacial score (nSPS) is 11.3. The maximum atomic E-state index is 13.0. The number of carbonyl (C=O) groups excluding carboxylic acids is 2. The molecule has 0 aromatic heterocycles. The van der Waals surface area contributed by atoms with Crippen LogP contribution in [0.25, 0.3) is 0 Å². The van der Waals surface area contributed by atoms with Crippen molar-refractivity contribution in [3.8, 4) is 0 Å². The van der Waals surface area contributed by atoms with Crippen LogP contribution in [0.5, 0.6) is 0 Å². The van der Waals surface area contributed by atoms with E-state index in [-0.39, 0.29) is 18.7 Å². The largest absolute Gasteiger partial charge is 0.445 e. The third-order valence-electron chi connectivity index (χ3n) is 4.90. The van der Waals surface area contributed by atoms with Crippen molar-refractivity contribution in [1.82, 2.24) is 5.32 Å². The maximum Gasteiger partial charge on any atom is 0.408 e. The van der Waals surface area contributed by atoms with E-state index >= 15 is 0 Å². The second-order valence-corrected chi connectivity index (χ2v) is 7.75. The maximum absolute atomic E-state index is 13.0. The number of alkyl carbamates (subject to hydrolysis) is 1. The summed E-state index contributed by atoms with van der Waals surface area (Å²) in [5, 5.41) is 16.4. The monoisotopic (exact) mass is 447 g/mol. The second-order valence-electron chi connectivity index (χ2n) is 7.75. The number of aryl methyl sites for hydroxylation is 2. The van der Waals surface area contributed by atoms with Crippen molar-refractivity contribution in [3.63, 3.8) is 0 Å². The van der Waals surface area contributed by atoms with Crippen molar-refractivity contribution in [2.24, 2.45) is 0 Å². The SMILES string of the molecule is Cc1cc(C)cc(NC(=O)[C@@H](Cc2ccc([N+](=O)[O-])cc2)NC(=O)OCc2ccccc2)c1. The van der Waals surface area contributed by atoms with Gasteiger partial charge in [-0.05, 0) is 48.2 Å². The van der Waals surface area contributed by atoms with Gasteiger partial charge in [-0.2, -0.15) is 0 Å². The third kappa shape index (κ3) is 7.17. The molecule has 0 aliphatic rings. The summed E-state index contributed by atoms with van der Waals surface area (Å²) in [5.41, 5.74) is 4.03. The highest BCUT2D eigenvalue weighted by atomic mass is 16.6. The van der Waals surface area contributed by atoms with Crippen LogP contribution in [0, 0.1) is 24.0 Å². The topological polar surface area (TPSA) is 111 Å². The van der Waals surface area contributed by atoms with Crippen LogP contribution < -0.4 is 10.6 Å². The van der Waals surface area contributed by atoms with E-state index in [1.165, 1.54) is 12.1 Å². The molecule has 1 atom stereocenters. The van der Waals surface area contributed by atoms with Gasteiger partial charge in [0.1, 0.15) is 12.6 Å². The number of non-ortho nitro benzene ring substituents is 1. The second kappa shape index (κ2) is 10.9. The quantitative estimate of drug-likeness (QED) is 0.385. The van der Waals surface area contributed by atoms with Gasteiger partial charge in [-0.25, -0.2) is 4.79 Å². The van der Waals surface area contributed by atoms with Gasteiger partial charge in [0.05, 0.1) is 4.92 Å². The molecule has 0 saturated carbocycles. The predicted molar refractivity (Wildman–Crippen MR) is 125 cm³/mol. The van der Waals surface area contributed by atoms with E-state index in [0.717, 1.165) is 16.7 Å². The van der Waals surface area contributed by atoms with E-state index in [0.29, 0.717) is 11.3 Å². The Balaban J connectivity index is 1.73. The Morgan fingerprint density at radius 3 is 2.18 bits per heavy atom. The average molecular weight is 447 g/mol. The minimum Gasteiger partial charge on any atom is -0.445 e. The minimum absolute atomic E-state index is 0.0507. The van der Waals surface area contributed by atoms with Gasteiger partial charge in [-0.3, -0.25) is 14.9 Å². The van der Waals surface area contributed by atoms with Crippen LogP contribution in [-0.2, 0) is 22.6 Å². The van der Waals surface area contributed by atoms with Gasteiger partial charge >= 0.3 is 6.09 Å². The van der Waals surface area contributed by atoms with Crippen LogP contribution in [0.4, 0.5) is 16.2 Å². The molecule has 0 aliphatic carbocycles. The molecular formula is C25H25N3O5. The van der Waals surface area contributed by atoms with E-state index in [9.17, 15) is 19.7 Å². The van der Waals surface area contributed by atoms with Gasteiger partial charge in [0.15, 0.2) is 0 Å². The molecular weight excluding hydrogens is 422 g/mol. The fraction of sp³-hybridized carbons (Fsp3) is 0.200. The van der Waals surface area contributed by atoms with Crippen molar-refractivity contribution in [2.75, 3.05) is 5.32 Å². The number of ether oxygens (including phenoxy) is 1.